The van der Waals surface area contributed by atoms with Crippen molar-refractivity contribution < 1.29 is 9.59 Å². The molecule has 1 heterocycles. The van der Waals surface area contributed by atoms with E-state index in [2.05, 4.69) is 5.32 Å². The molecule has 2 amide bonds. The van der Waals surface area contributed by atoms with Gasteiger partial charge in [-0.25, -0.2) is 0 Å². The van der Waals surface area contributed by atoms with Crippen LogP contribution in [0.15, 0.2) is 48.5 Å². The first-order valence-electron chi connectivity index (χ1n) is 8.25. The second-order valence-electron chi connectivity index (χ2n) is 6.18. The molecule has 1 aliphatic carbocycles. The zero-order valence-corrected chi connectivity index (χ0v) is 13.6. The van der Waals surface area contributed by atoms with Gasteiger partial charge in [0.1, 0.15) is 0 Å². The Morgan fingerprint density at radius 2 is 1.88 bits per heavy atom. The highest BCUT2D eigenvalue weighted by Crippen LogP contribution is 2.30. The summed E-state index contributed by atoms with van der Waals surface area (Å²) in [6, 6.07) is 14.3. The van der Waals surface area contributed by atoms with E-state index in [0.29, 0.717) is 16.8 Å². The van der Waals surface area contributed by atoms with Crippen LogP contribution >= 0.6 is 0 Å². The molecule has 3 aromatic rings. The zero-order chi connectivity index (χ0) is 17.4. The van der Waals surface area contributed by atoms with Crippen molar-refractivity contribution in [2.24, 2.45) is 5.73 Å². The summed E-state index contributed by atoms with van der Waals surface area (Å²) >= 11 is 0. The number of amides is 2. The van der Waals surface area contributed by atoms with Gasteiger partial charge in [0.05, 0.1) is 11.1 Å². The summed E-state index contributed by atoms with van der Waals surface area (Å²) in [7, 11) is 0. The monoisotopic (exact) mass is 331 g/mol. The number of aryl methyl sites for hydroxylation is 1. The average molecular weight is 331 g/mol. The van der Waals surface area contributed by atoms with Gasteiger partial charge in [-0.05, 0) is 49.1 Å². The van der Waals surface area contributed by atoms with E-state index in [0.717, 1.165) is 41.4 Å². The predicted molar refractivity (Wildman–Crippen MR) is 96.7 cm³/mol. The number of fused-ring (bicyclic) bond motifs is 2. The molecule has 1 aliphatic rings. The SMILES string of the molecule is NC(=O)c1cccc(NC(=O)c2c3c(nc4ccccc24)CCC3)c1. The number of pyridine rings is 1. The predicted octanol–water partition coefficient (Wildman–Crippen LogP) is 3.07. The number of aromatic nitrogens is 1. The molecule has 3 N–H and O–H groups in total. The smallest absolute Gasteiger partial charge is 0.256 e. The number of rotatable bonds is 3. The maximum Gasteiger partial charge on any atom is 0.256 e. The molecule has 0 radical (unpaired) electrons. The second kappa shape index (κ2) is 6.02. The van der Waals surface area contributed by atoms with Crippen molar-refractivity contribution in [2.45, 2.75) is 19.3 Å². The van der Waals surface area contributed by atoms with Gasteiger partial charge in [0.25, 0.3) is 5.91 Å². The van der Waals surface area contributed by atoms with Gasteiger partial charge in [-0.2, -0.15) is 0 Å². The summed E-state index contributed by atoms with van der Waals surface area (Å²) < 4.78 is 0. The van der Waals surface area contributed by atoms with Crippen molar-refractivity contribution in [2.75, 3.05) is 5.32 Å². The average Bonchev–Trinajstić information content (AvgIpc) is 3.07. The van der Waals surface area contributed by atoms with Crippen LogP contribution in [0.2, 0.25) is 0 Å². The van der Waals surface area contributed by atoms with Crippen molar-refractivity contribution in [3.63, 3.8) is 0 Å². The van der Waals surface area contributed by atoms with Gasteiger partial charge < -0.3 is 11.1 Å². The lowest BCUT2D eigenvalue weighted by Gasteiger charge is -2.13. The molecule has 0 saturated heterocycles. The number of para-hydroxylation sites is 1. The van der Waals surface area contributed by atoms with E-state index in [1.165, 1.54) is 0 Å². The van der Waals surface area contributed by atoms with Gasteiger partial charge in [-0.1, -0.05) is 24.3 Å². The summed E-state index contributed by atoms with van der Waals surface area (Å²) in [6.45, 7) is 0. The van der Waals surface area contributed by atoms with Gasteiger partial charge in [0.15, 0.2) is 0 Å². The number of hydrogen-bond acceptors (Lipinski definition) is 3. The van der Waals surface area contributed by atoms with Crippen LogP contribution < -0.4 is 11.1 Å². The Morgan fingerprint density at radius 3 is 2.72 bits per heavy atom. The molecular formula is C20H17N3O2. The first kappa shape index (κ1) is 15.3. The fraction of sp³-hybridized carbons (Fsp3) is 0.150. The lowest BCUT2D eigenvalue weighted by atomic mass is 10.0. The number of nitrogens with two attached hydrogens (primary N) is 1. The number of hydrogen-bond donors (Lipinski definition) is 2. The lowest BCUT2D eigenvalue weighted by molar-refractivity contribution is 0.0996. The van der Waals surface area contributed by atoms with Crippen LogP contribution in [-0.4, -0.2) is 16.8 Å². The first-order valence-corrected chi connectivity index (χ1v) is 8.25. The lowest BCUT2D eigenvalue weighted by Crippen LogP contribution is -2.17. The van der Waals surface area contributed by atoms with Gasteiger partial charge >= 0.3 is 0 Å². The van der Waals surface area contributed by atoms with E-state index in [-0.39, 0.29) is 5.91 Å². The van der Waals surface area contributed by atoms with Crippen LogP contribution in [0.5, 0.6) is 0 Å². The minimum Gasteiger partial charge on any atom is -0.366 e. The third-order valence-electron chi connectivity index (χ3n) is 4.55. The molecule has 0 unspecified atom stereocenters. The standard InChI is InChI=1S/C20H17N3O2/c21-19(24)12-5-3-6-13(11-12)22-20(25)18-14-7-1-2-9-16(14)23-17-10-4-8-15(17)18/h1-3,5-7,9,11H,4,8,10H2,(H2,21,24)(H,22,25). The summed E-state index contributed by atoms with van der Waals surface area (Å²) in [6.07, 6.45) is 2.77. The van der Waals surface area contributed by atoms with Crippen molar-refractivity contribution in [3.8, 4) is 0 Å². The fourth-order valence-corrected chi connectivity index (χ4v) is 3.41. The quantitative estimate of drug-likeness (QED) is 0.773. The molecule has 0 bridgehead atoms. The minimum absolute atomic E-state index is 0.182. The van der Waals surface area contributed by atoms with E-state index in [9.17, 15) is 9.59 Å². The Morgan fingerprint density at radius 1 is 1.04 bits per heavy atom. The highest BCUT2D eigenvalue weighted by Gasteiger charge is 2.23. The molecule has 0 spiro atoms. The van der Waals surface area contributed by atoms with Gasteiger partial charge in [-0.3, -0.25) is 14.6 Å². The Kier molecular flexibility index (Phi) is 3.69. The summed E-state index contributed by atoms with van der Waals surface area (Å²) in [5.41, 5.74) is 9.78. The number of nitrogens with one attached hydrogen (secondary N) is 1. The number of primary amides is 1. The van der Waals surface area contributed by atoms with Crippen molar-refractivity contribution in [1.82, 2.24) is 4.98 Å². The molecule has 2 aromatic carbocycles. The van der Waals surface area contributed by atoms with Crippen LogP contribution in [0.3, 0.4) is 0 Å². The maximum absolute atomic E-state index is 13.0. The summed E-state index contributed by atoms with van der Waals surface area (Å²) in [5.74, 6) is -0.704. The molecule has 0 saturated carbocycles. The Balaban J connectivity index is 1.78. The topological polar surface area (TPSA) is 85.1 Å². The number of nitrogens with zero attached hydrogens (tertiary/aromatic N) is 1. The van der Waals surface area contributed by atoms with Crippen LogP contribution in [0.25, 0.3) is 10.9 Å². The number of carbonyl (C=O) groups is 2. The molecule has 0 fully saturated rings. The third kappa shape index (κ3) is 2.74. The number of anilines is 1. The van der Waals surface area contributed by atoms with Gasteiger partial charge in [0.2, 0.25) is 5.91 Å². The van der Waals surface area contributed by atoms with Gasteiger partial charge in [-0.15, -0.1) is 0 Å². The Bertz CT molecular complexity index is 1010. The van der Waals surface area contributed by atoms with Gasteiger partial charge in [0, 0.05) is 22.3 Å². The van der Waals surface area contributed by atoms with E-state index in [4.69, 9.17) is 10.7 Å². The van der Waals surface area contributed by atoms with E-state index >= 15 is 0 Å². The molecule has 5 nitrogen and oxygen atoms in total. The highest BCUT2D eigenvalue weighted by atomic mass is 16.2. The third-order valence-corrected chi connectivity index (χ3v) is 4.55. The summed E-state index contributed by atoms with van der Waals surface area (Å²) in [4.78, 5) is 29.1. The normalized spacial score (nSPS) is 12.8. The molecule has 25 heavy (non-hydrogen) atoms. The van der Waals surface area contributed by atoms with Crippen molar-refractivity contribution >= 4 is 28.4 Å². The van der Waals surface area contributed by atoms with Crippen LogP contribution in [0.4, 0.5) is 5.69 Å². The van der Waals surface area contributed by atoms with E-state index < -0.39 is 5.91 Å². The minimum atomic E-state index is -0.522. The van der Waals surface area contributed by atoms with E-state index in [1.807, 2.05) is 24.3 Å². The van der Waals surface area contributed by atoms with Crippen molar-refractivity contribution in [1.29, 1.82) is 0 Å². The molecule has 1 aromatic heterocycles. The Labute approximate surface area is 144 Å². The second-order valence-corrected chi connectivity index (χ2v) is 6.18. The van der Waals surface area contributed by atoms with Crippen molar-refractivity contribution in [3.05, 3.63) is 70.9 Å². The molecular weight excluding hydrogens is 314 g/mol. The molecule has 124 valence electrons. The Hall–Kier alpha value is -3.21. The van der Waals surface area contributed by atoms with Crippen LogP contribution in [0, 0.1) is 0 Å². The summed E-state index contributed by atoms with van der Waals surface area (Å²) in [5, 5.41) is 3.75. The maximum atomic E-state index is 13.0. The fourth-order valence-electron chi connectivity index (χ4n) is 3.41. The first-order chi connectivity index (χ1) is 12.1. The number of benzene rings is 2. The zero-order valence-electron chi connectivity index (χ0n) is 13.6. The largest absolute Gasteiger partial charge is 0.366 e. The molecule has 0 atom stereocenters. The molecule has 4 rings (SSSR count). The van der Waals surface area contributed by atoms with Crippen LogP contribution in [-0.2, 0) is 12.8 Å². The highest BCUT2D eigenvalue weighted by molar-refractivity contribution is 6.14. The van der Waals surface area contributed by atoms with E-state index in [1.54, 1.807) is 24.3 Å². The number of carbonyl (C=O) groups excluding carboxylic acids is 2. The molecule has 5 heteroatoms. The van der Waals surface area contributed by atoms with Crippen LogP contribution in [0.1, 0.15) is 38.4 Å². The molecule has 0 aliphatic heterocycles.